The number of rotatable bonds is 5. The molecule has 0 aromatic heterocycles. The number of non-ortho nitro benzene ring substituents is 1. The summed E-state index contributed by atoms with van der Waals surface area (Å²) in [6, 6.07) is 9.91. The van der Waals surface area contributed by atoms with E-state index >= 15 is 0 Å². The van der Waals surface area contributed by atoms with Gasteiger partial charge in [0, 0.05) is 24.7 Å². The van der Waals surface area contributed by atoms with Crippen LogP contribution in [0, 0.1) is 10.1 Å². The third kappa shape index (κ3) is 6.04. The van der Waals surface area contributed by atoms with E-state index in [1.54, 1.807) is 30.3 Å². The molecule has 8 nitrogen and oxygen atoms in total. The molecule has 0 radical (unpaired) electrons. The van der Waals surface area contributed by atoms with Crippen molar-refractivity contribution in [3.63, 3.8) is 0 Å². The van der Waals surface area contributed by atoms with Gasteiger partial charge in [0.05, 0.1) is 4.92 Å². The molecule has 0 aliphatic heterocycles. The first-order valence-corrected chi connectivity index (χ1v) is 8.42. The summed E-state index contributed by atoms with van der Waals surface area (Å²) in [5, 5.41) is 13.4. The number of anilines is 1. The van der Waals surface area contributed by atoms with Gasteiger partial charge in [0.2, 0.25) is 5.91 Å². The predicted octanol–water partition coefficient (Wildman–Crippen LogP) is 0.0868. The van der Waals surface area contributed by atoms with Crippen LogP contribution < -0.4 is 34.9 Å². The minimum atomic E-state index is -4.62. The second-order valence-corrected chi connectivity index (χ2v) is 6.48. The van der Waals surface area contributed by atoms with Gasteiger partial charge in [-0.3, -0.25) is 19.5 Å². The number of carbonyl (C=O) groups is 1. The minimum absolute atomic E-state index is 0. The molecule has 0 aliphatic carbocycles. The number of nitrogens with zero attached hydrogens (tertiary/aromatic N) is 1. The Morgan fingerprint density at radius 3 is 2.31 bits per heavy atom. The Morgan fingerprint density at radius 2 is 1.81 bits per heavy atom. The Kier molecular flexibility index (Phi) is 7.67. The van der Waals surface area contributed by atoms with Crippen molar-refractivity contribution in [1.82, 2.24) is 0 Å². The monoisotopic (exact) mass is 386 g/mol. The zero-order valence-corrected chi connectivity index (χ0v) is 16.9. The van der Waals surface area contributed by atoms with E-state index in [2.05, 4.69) is 5.32 Å². The second kappa shape index (κ2) is 9.06. The van der Waals surface area contributed by atoms with Crippen LogP contribution in [0.25, 0.3) is 12.2 Å². The molecule has 0 spiro atoms. The Labute approximate surface area is 173 Å². The van der Waals surface area contributed by atoms with E-state index in [0.717, 1.165) is 12.1 Å². The molecule has 2 rings (SSSR count). The molecule has 0 aliphatic rings. The fourth-order valence-corrected chi connectivity index (χ4v) is 2.77. The zero-order valence-electron chi connectivity index (χ0n) is 15.0. The van der Waals surface area contributed by atoms with Crippen LogP contribution in [0.2, 0.25) is 0 Å². The van der Waals surface area contributed by atoms with Crippen molar-refractivity contribution in [3.05, 3.63) is 63.7 Å². The van der Waals surface area contributed by atoms with E-state index in [1.807, 2.05) is 0 Å². The fraction of sp³-hybridized carbons (Fsp3) is 0.0625. The first-order valence-electron chi connectivity index (χ1n) is 6.98. The van der Waals surface area contributed by atoms with Crippen LogP contribution in [0.5, 0.6) is 0 Å². The van der Waals surface area contributed by atoms with Crippen molar-refractivity contribution in [2.45, 2.75) is 11.8 Å². The number of benzene rings is 2. The van der Waals surface area contributed by atoms with E-state index in [4.69, 9.17) is 0 Å². The molecule has 2 aromatic carbocycles. The Bertz CT molecular complexity index is 961. The van der Waals surface area contributed by atoms with Crippen molar-refractivity contribution < 1.29 is 53.7 Å². The summed E-state index contributed by atoms with van der Waals surface area (Å²) in [6.45, 7) is 1.39. The molecule has 2 aromatic rings. The Hall–Kier alpha value is -2.04. The van der Waals surface area contributed by atoms with Gasteiger partial charge in [0.25, 0.3) is 15.8 Å². The van der Waals surface area contributed by atoms with Crippen LogP contribution in [0.1, 0.15) is 19.5 Å². The number of amides is 1. The smallest absolute Gasteiger partial charge is 1.00 e. The summed E-state index contributed by atoms with van der Waals surface area (Å²) >= 11 is 0. The van der Waals surface area contributed by atoms with Crippen molar-refractivity contribution in [2.24, 2.45) is 0 Å². The average molecular weight is 386 g/mol. The summed E-state index contributed by atoms with van der Waals surface area (Å²) < 4.78 is 32.2. The number of hydrogen-bond acceptors (Lipinski definition) is 5. The van der Waals surface area contributed by atoms with Crippen LogP contribution in [0.3, 0.4) is 0 Å². The third-order valence-corrected chi connectivity index (χ3v) is 4.08. The molecule has 0 fully saturated rings. The topological polar surface area (TPSA) is 127 Å². The van der Waals surface area contributed by atoms with Gasteiger partial charge in [-0.15, -0.1) is 0 Å². The SMILES string of the molecule is CC(=O)Nc1ccc(C=Cc2ccc([N+](=O)[O-])cc2S(=O)(=O)O)cc1.[H-].[Na+]. The third-order valence-electron chi connectivity index (χ3n) is 3.17. The summed E-state index contributed by atoms with van der Waals surface area (Å²) in [4.78, 5) is 20.4. The first kappa shape index (κ1) is 22.0. The van der Waals surface area contributed by atoms with Crippen LogP contribution in [-0.2, 0) is 14.9 Å². The van der Waals surface area contributed by atoms with Gasteiger partial charge < -0.3 is 6.74 Å². The largest absolute Gasteiger partial charge is 1.00 e. The number of nitro benzene ring substituents is 1. The normalized spacial score (nSPS) is 11.0. The average Bonchev–Trinajstić information content (AvgIpc) is 2.52. The fourth-order valence-electron chi connectivity index (χ4n) is 2.06. The molecule has 132 valence electrons. The van der Waals surface area contributed by atoms with Gasteiger partial charge in [0.1, 0.15) is 4.90 Å². The maximum atomic E-state index is 11.4. The molecule has 0 saturated carbocycles. The van der Waals surface area contributed by atoms with Crippen LogP contribution in [0.4, 0.5) is 11.4 Å². The molecule has 1 amide bonds. The Balaban J connectivity index is 0.00000338. The van der Waals surface area contributed by atoms with Gasteiger partial charge in [-0.25, -0.2) is 0 Å². The predicted molar refractivity (Wildman–Crippen MR) is 93.7 cm³/mol. The van der Waals surface area contributed by atoms with E-state index in [1.165, 1.54) is 19.1 Å². The molecule has 0 unspecified atom stereocenters. The molecule has 0 heterocycles. The van der Waals surface area contributed by atoms with E-state index in [-0.39, 0.29) is 42.5 Å². The van der Waals surface area contributed by atoms with Crippen molar-refractivity contribution >= 4 is 39.6 Å². The van der Waals surface area contributed by atoms with Crippen molar-refractivity contribution in [1.29, 1.82) is 0 Å². The maximum absolute atomic E-state index is 11.4. The minimum Gasteiger partial charge on any atom is -1.00 e. The van der Waals surface area contributed by atoms with E-state index < -0.39 is 25.6 Å². The molecular weight excluding hydrogens is 371 g/mol. The van der Waals surface area contributed by atoms with Crippen LogP contribution >= 0.6 is 0 Å². The number of hydrogen-bond donors (Lipinski definition) is 2. The molecule has 2 N–H and O–H groups in total. The first-order chi connectivity index (χ1) is 11.7. The Morgan fingerprint density at radius 1 is 1.19 bits per heavy atom. The summed E-state index contributed by atoms with van der Waals surface area (Å²) in [6.07, 6.45) is 2.99. The molecule has 26 heavy (non-hydrogen) atoms. The number of carbonyl (C=O) groups excluding carboxylic acids is 1. The quantitative estimate of drug-likeness (QED) is 0.246. The van der Waals surface area contributed by atoms with Gasteiger partial charge in [0.15, 0.2) is 0 Å². The maximum Gasteiger partial charge on any atom is 1.00 e. The summed E-state index contributed by atoms with van der Waals surface area (Å²) in [7, 11) is -4.62. The van der Waals surface area contributed by atoms with Crippen LogP contribution in [0.15, 0.2) is 47.4 Å². The van der Waals surface area contributed by atoms with Crippen molar-refractivity contribution in [2.75, 3.05) is 5.32 Å². The van der Waals surface area contributed by atoms with Gasteiger partial charge in [-0.2, -0.15) is 8.42 Å². The molecule has 0 atom stereocenters. The number of nitrogens with one attached hydrogen (secondary N) is 1. The second-order valence-electron chi connectivity index (χ2n) is 5.09. The van der Waals surface area contributed by atoms with Crippen LogP contribution in [-0.4, -0.2) is 23.8 Å². The zero-order chi connectivity index (χ0) is 18.6. The molecule has 0 bridgehead atoms. The molecule has 0 saturated heterocycles. The summed E-state index contributed by atoms with van der Waals surface area (Å²) in [5.74, 6) is -0.202. The summed E-state index contributed by atoms with van der Waals surface area (Å²) in [5.41, 5.74) is 0.982. The molecule has 10 heteroatoms. The van der Waals surface area contributed by atoms with E-state index in [0.29, 0.717) is 11.3 Å². The number of nitro groups is 1. The standard InChI is InChI=1S/C16H14N2O6S.Na.H/c1-11(19)17-14-7-3-12(4-8-14)2-5-13-6-9-15(18(20)21)10-16(13)25(22,23)24;;/h2-10H,1H3,(H,17,19)(H,22,23,24);;/q;+1;-1. The van der Waals surface area contributed by atoms with Crippen molar-refractivity contribution in [3.8, 4) is 0 Å². The van der Waals surface area contributed by atoms with Gasteiger partial charge >= 0.3 is 29.6 Å². The molecular formula is C16H15N2NaO6S. The van der Waals surface area contributed by atoms with Gasteiger partial charge in [-0.05, 0) is 29.3 Å². The van der Waals surface area contributed by atoms with Gasteiger partial charge in [-0.1, -0.05) is 24.3 Å². The van der Waals surface area contributed by atoms with E-state index in [9.17, 15) is 27.9 Å².